The quantitative estimate of drug-likeness (QED) is 0.727. The second kappa shape index (κ2) is 8.07. The monoisotopic (exact) mass is 359 g/mol. The third kappa shape index (κ3) is 4.76. The Morgan fingerprint density at radius 3 is 2.80 bits per heavy atom. The molecule has 2 aromatic rings. The zero-order valence-electron chi connectivity index (χ0n) is 13.5. The van der Waals surface area contributed by atoms with Crippen LogP contribution >= 0.6 is 11.6 Å². The molecule has 1 atom stereocenters. The van der Waals surface area contributed by atoms with E-state index in [-0.39, 0.29) is 12.2 Å². The first-order chi connectivity index (χ1) is 12.2. The lowest BCUT2D eigenvalue weighted by Gasteiger charge is -2.16. The molecule has 1 saturated carbocycles. The molecule has 0 unspecified atom stereocenters. The van der Waals surface area contributed by atoms with E-state index >= 15 is 0 Å². The Balaban J connectivity index is 1.72. The van der Waals surface area contributed by atoms with Gasteiger partial charge in [-0.05, 0) is 24.3 Å². The summed E-state index contributed by atoms with van der Waals surface area (Å²) in [4.78, 5) is 27.3. The SMILES string of the molecule is O=NC[C@H](NC(=O)c1cc(OCC2CC2)c(Cl)cn1)c1ccccc1. The van der Waals surface area contributed by atoms with Crippen LogP contribution in [0.2, 0.25) is 5.02 Å². The summed E-state index contributed by atoms with van der Waals surface area (Å²) < 4.78 is 5.67. The fraction of sp³-hybridized carbons (Fsp3) is 0.333. The maximum Gasteiger partial charge on any atom is 0.270 e. The molecular weight excluding hydrogens is 342 g/mol. The Morgan fingerprint density at radius 1 is 1.36 bits per heavy atom. The molecule has 1 aromatic heterocycles. The molecule has 3 rings (SSSR count). The minimum Gasteiger partial charge on any atom is -0.492 e. The van der Waals surface area contributed by atoms with Crippen LogP contribution in [-0.2, 0) is 0 Å². The Labute approximate surface area is 150 Å². The van der Waals surface area contributed by atoms with Crippen LogP contribution in [0.1, 0.15) is 34.9 Å². The van der Waals surface area contributed by atoms with Gasteiger partial charge in [0.1, 0.15) is 23.0 Å². The number of hydrogen-bond acceptors (Lipinski definition) is 5. The number of nitroso groups, excluding NO2 is 1. The zero-order valence-corrected chi connectivity index (χ0v) is 14.3. The van der Waals surface area contributed by atoms with Gasteiger partial charge in [0.05, 0.1) is 18.8 Å². The van der Waals surface area contributed by atoms with Gasteiger partial charge in [-0.15, -0.1) is 0 Å². The van der Waals surface area contributed by atoms with E-state index < -0.39 is 11.9 Å². The molecule has 7 heteroatoms. The Bertz CT molecular complexity index is 750. The number of carbonyl (C=O) groups is 1. The molecule has 0 saturated heterocycles. The lowest BCUT2D eigenvalue weighted by atomic mass is 10.1. The van der Waals surface area contributed by atoms with Crippen molar-refractivity contribution in [2.75, 3.05) is 13.2 Å². The molecular formula is C18H18ClN3O3. The number of nitrogens with one attached hydrogen (secondary N) is 1. The highest BCUT2D eigenvalue weighted by Gasteiger charge is 2.23. The Morgan fingerprint density at radius 2 is 2.12 bits per heavy atom. The average molecular weight is 360 g/mol. The third-order valence-corrected chi connectivity index (χ3v) is 4.27. The van der Waals surface area contributed by atoms with Crippen LogP contribution in [0.4, 0.5) is 0 Å². The van der Waals surface area contributed by atoms with Gasteiger partial charge >= 0.3 is 0 Å². The Hall–Kier alpha value is -2.47. The normalized spacial score (nSPS) is 14.6. The molecule has 0 bridgehead atoms. The zero-order chi connectivity index (χ0) is 17.6. The van der Waals surface area contributed by atoms with Gasteiger partial charge in [0.15, 0.2) is 0 Å². The highest BCUT2D eigenvalue weighted by atomic mass is 35.5. The van der Waals surface area contributed by atoms with E-state index in [1.54, 1.807) is 0 Å². The standard InChI is InChI=1S/C18H18ClN3O3/c19-14-9-20-15(8-17(14)25-11-12-6-7-12)18(23)22-16(10-21-24)13-4-2-1-3-5-13/h1-5,8-9,12,16H,6-7,10-11H2,(H,22,23)/t16-/m0/s1. The van der Waals surface area contributed by atoms with Gasteiger partial charge in [0, 0.05) is 6.07 Å². The summed E-state index contributed by atoms with van der Waals surface area (Å²) in [6, 6.07) is 10.2. The minimum atomic E-state index is -0.514. The topological polar surface area (TPSA) is 80.7 Å². The van der Waals surface area contributed by atoms with Crippen molar-refractivity contribution in [1.29, 1.82) is 0 Å². The van der Waals surface area contributed by atoms with Crippen LogP contribution in [0.3, 0.4) is 0 Å². The molecule has 0 spiro atoms. The number of nitrogens with zero attached hydrogens (tertiary/aromatic N) is 2. The number of hydrogen-bond donors (Lipinski definition) is 1. The molecule has 6 nitrogen and oxygen atoms in total. The van der Waals surface area contributed by atoms with E-state index in [0.29, 0.717) is 23.3 Å². The maximum absolute atomic E-state index is 12.5. The molecule has 0 aliphatic heterocycles. The molecule has 1 aromatic carbocycles. The number of aromatic nitrogens is 1. The second-order valence-corrected chi connectivity index (χ2v) is 6.41. The number of pyridine rings is 1. The van der Waals surface area contributed by atoms with Crippen molar-refractivity contribution in [3.63, 3.8) is 0 Å². The maximum atomic E-state index is 12.5. The summed E-state index contributed by atoms with van der Waals surface area (Å²) in [5, 5.41) is 6.06. The molecule has 130 valence electrons. The fourth-order valence-corrected chi connectivity index (χ4v) is 2.53. The lowest BCUT2D eigenvalue weighted by molar-refractivity contribution is 0.0932. The number of amides is 1. The van der Waals surface area contributed by atoms with Crippen LogP contribution in [0.15, 0.2) is 47.8 Å². The summed E-state index contributed by atoms with van der Waals surface area (Å²) in [6.07, 6.45) is 3.72. The van der Waals surface area contributed by atoms with E-state index in [0.717, 1.165) is 18.4 Å². The predicted octanol–water partition coefficient (Wildman–Crippen LogP) is 3.76. The number of rotatable bonds is 8. The first-order valence-corrected chi connectivity index (χ1v) is 8.48. The van der Waals surface area contributed by atoms with Crippen LogP contribution in [0.25, 0.3) is 0 Å². The van der Waals surface area contributed by atoms with E-state index in [2.05, 4.69) is 15.5 Å². The van der Waals surface area contributed by atoms with E-state index in [1.165, 1.54) is 12.3 Å². The molecule has 1 amide bonds. The number of carbonyl (C=O) groups excluding carboxylic acids is 1. The lowest BCUT2D eigenvalue weighted by Crippen LogP contribution is -2.31. The van der Waals surface area contributed by atoms with Crippen molar-refractivity contribution in [2.45, 2.75) is 18.9 Å². The van der Waals surface area contributed by atoms with E-state index in [1.807, 2.05) is 30.3 Å². The number of benzene rings is 1. The van der Waals surface area contributed by atoms with Gasteiger partial charge < -0.3 is 10.1 Å². The van der Waals surface area contributed by atoms with Crippen molar-refractivity contribution in [2.24, 2.45) is 11.1 Å². The van der Waals surface area contributed by atoms with Crippen LogP contribution in [0.5, 0.6) is 5.75 Å². The highest BCUT2D eigenvalue weighted by Crippen LogP contribution is 2.31. The molecule has 1 fully saturated rings. The summed E-state index contributed by atoms with van der Waals surface area (Å²) in [6.45, 7) is 0.529. The molecule has 1 heterocycles. The molecule has 25 heavy (non-hydrogen) atoms. The van der Waals surface area contributed by atoms with Gasteiger partial charge in [-0.25, -0.2) is 4.98 Å². The van der Waals surface area contributed by atoms with Crippen molar-refractivity contribution in [3.05, 3.63) is 63.8 Å². The summed E-state index contributed by atoms with van der Waals surface area (Å²) in [5.74, 6) is 0.603. The van der Waals surface area contributed by atoms with Crippen molar-refractivity contribution in [1.82, 2.24) is 10.3 Å². The predicted molar refractivity (Wildman–Crippen MR) is 94.8 cm³/mol. The van der Waals surface area contributed by atoms with Crippen molar-refractivity contribution >= 4 is 17.5 Å². The molecule has 0 radical (unpaired) electrons. The van der Waals surface area contributed by atoms with Crippen LogP contribution < -0.4 is 10.1 Å². The van der Waals surface area contributed by atoms with Gasteiger partial charge in [-0.1, -0.05) is 47.1 Å². The number of halogens is 1. The van der Waals surface area contributed by atoms with Crippen molar-refractivity contribution < 1.29 is 9.53 Å². The van der Waals surface area contributed by atoms with Crippen LogP contribution in [-0.4, -0.2) is 24.0 Å². The Kier molecular flexibility index (Phi) is 5.60. The van der Waals surface area contributed by atoms with Gasteiger partial charge in [-0.3, -0.25) is 4.79 Å². The minimum absolute atomic E-state index is 0.0611. The molecule has 1 aliphatic rings. The molecule has 1 N–H and O–H groups in total. The van der Waals surface area contributed by atoms with Crippen molar-refractivity contribution in [3.8, 4) is 5.75 Å². The van der Waals surface area contributed by atoms with Crippen LogP contribution in [0, 0.1) is 10.8 Å². The average Bonchev–Trinajstić information content (AvgIpc) is 3.46. The summed E-state index contributed by atoms with van der Waals surface area (Å²) in [5.41, 5.74) is 0.983. The van der Waals surface area contributed by atoms with Gasteiger partial charge in [-0.2, -0.15) is 4.91 Å². The third-order valence-electron chi connectivity index (χ3n) is 3.99. The summed E-state index contributed by atoms with van der Waals surface area (Å²) >= 11 is 6.08. The van der Waals surface area contributed by atoms with E-state index in [9.17, 15) is 9.70 Å². The number of ether oxygens (including phenoxy) is 1. The van der Waals surface area contributed by atoms with E-state index in [4.69, 9.17) is 16.3 Å². The largest absolute Gasteiger partial charge is 0.492 e. The first-order valence-electron chi connectivity index (χ1n) is 8.10. The van der Waals surface area contributed by atoms with Gasteiger partial charge in [0.2, 0.25) is 0 Å². The second-order valence-electron chi connectivity index (χ2n) is 6.00. The molecule has 1 aliphatic carbocycles. The first kappa shape index (κ1) is 17.4. The fourth-order valence-electron chi connectivity index (χ4n) is 2.37. The van der Waals surface area contributed by atoms with Gasteiger partial charge in [0.25, 0.3) is 5.91 Å². The smallest absolute Gasteiger partial charge is 0.270 e. The highest BCUT2D eigenvalue weighted by molar-refractivity contribution is 6.32. The summed E-state index contributed by atoms with van der Waals surface area (Å²) in [7, 11) is 0.